The summed E-state index contributed by atoms with van der Waals surface area (Å²) in [6.45, 7) is 0.885. The Bertz CT molecular complexity index is 838. The summed E-state index contributed by atoms with van der Waals surface area (Å²) < 4.78 is 5.80. The number of fused-ring (bicyclic) bond motifs is 2. The van der Waals surface area contributed by atoms with Gasteiger partial charge in [-0.1, -0.05) is 12.1 Å². The number of amides is 1. The van der Waals surface area contributed by atoms with Crippen molar-refractivity contribution in [1.82, 2.24) is 4.90 Å². The van der Waals surface area contributed by atoms with Crippen molar-refractivity contribution in [2.45, 2.75) is 18.9 Å². The molecule has 0 spiro atoms. The number of phenolic OH excluding ortho intramolecular Hbond substituents is 2. The number of carboxylic acid groups (broad SMARTS) is 1. The van der Waals surface area contributed by atoms with Crippen molar-refractivity contribution in [1.29, 1.82) is 0 Å². The molecule has 2 aliphatic rings. The zero-order chi connectivity index (χ0) is 17.6. The fourth-order valence-electron chi connectivity index (χ4n) is 3.56. The first-order chi connectivity index (χ1) is 12.1. The van der Waals surface area contributed by atoms with Gasteiger partial charge in [0.05, 0.1) is 17.4 Å². The number of likely N-dealkylation sites (tertiary alicyclic amines) is 1. The van der Waals surface area contributed by atoms with E-state index in [-0.39, 0.29) is 23.3 Å². The van der Waals surface area contributed by atoms with Crippen molar-refractivity contribution >= 4 is 17.5 Å². The van der Waals surface area contributed by atoms with Crippen molar-refractivity contribution in [3.05, 3.63) is 36.4 Å². The lowest BCUT2D eigenvalue weighted by Crippen LogP contribution is -2.48. The van der Waals surface area contributed by atoms with Crippen LogP contribution in [0.5, 0.6) is 23.0 Å². The zero-order valence-corrected chi connectivity index (χ0v) is 13.4. The third-order valence-electron chi connectivity index (χ3n) is 4.72. The minimum absolute atomic E-state index is 0.0856. The smallest absolute Gasteiger partial charge is 0.407 e. The lowest BCUT2D eigenvalue weighted by molar-refractivity contribution is 0.130. The highest BCUT2D eigenvalue weighted by Crippen LogP contribution is 2.54. The number of ether oxygens (including phenoxy) is 1. The summed E-state index contributed by atoms with van der Waals surface area (Å²) in [6, 6.07) is 10.4. The average Bonchev–Trinajstić information content (AvgIpc) is 2.63. The van der Waals surface area contributed by atoms with E-state index in [1.807, 2.05) is 23.1 Å². The second kappa shape index (κ2) is 5.77. The summed E-state index contributed by atoms with van der Waals surface area (Å²) in [5.74, 6) is 0.172. The summed E-state index contributed by atoms with van der Waals surface area (Å²) in [5.41, 5.74) is 1.43. The summed E-state index contributed by atoms with van der Waals surface area (Å²) in [5, 5.41) is 29.4. The minimum Gasteiger partial charge on any atom is -0.504 e. The van der Waals surface area contributed by atoms with Gasteiger partial charge in [0.15, 0.2) is 17.2 Å². The van der Waals surface area contributed by atoms with Crippen LogP contribution in [0.25, 0.3) is 0 Å². The van der Waals surface area contributed by atoms with Crippen molar-refractivity contribution in [2.75, 3.05) is 18.0 Å². The Balaban J connectivity index is 1.82. The van der Waals surface area contributed by atoms with Gasteiger partial charge in [-0.05, 0) is 37.1 Å². The van der Waals surface area contributed by atoms with Crippen LogP contribution in [0.15, 0.2) is 36.4 Å². The van der Waals surface area contributed by atoms with Crippen LogP contribution in [0.2, 0.25) is 0 Å². The Hall–Kier alpha value is -3.09. The highest BCUT2D eigenvalue weighted by atomic mass is 16.5. The SMILES string of the molecule is O=C(O)N1CCCC(N2c3ccccc3Oc3c2ccc(O)c3O)C1. The van der Waals surface area contributed by atoms with Gasteiger partial charge in [-0.15, -0.1) is 0 Å². The number of nitrogens with zero attached hydrogens (tertiary/aromatic N) is 2. The number of aromatic hydroxyl groups is 2. The molecule has 7 heteroatoms. The molecule has 0 aromatic heterocycles. The largest absolute Gasteiger partial charge is 0.504 e. The number of carbonyl (C=O) groups is 1. The predicted molar refractivity (Wildman–Crippen MR) is 91.0 cm³/mol. The molecule has 4 rings (SSSR count). The number of phenols is 2. The second-order valence-electron chi connectivity index (χ2n) is 6.25. The van der Waals surface area contributed by atoms with Crippen LogP contribution in [-0.2, 0) is 0 Å². The number of piperidine rings is 1. The maximum Gasteiger partial charge on any atom is 0.407 e. The van der Waals surface area contributed by atoms with Crippen LogP contribution in [0.3, 0.4) is 0 Å². The molecule has 1 amide bonds. The van der Waals surface area contributed by atoms with Gasteiger partial charge in [0.2, 0.25) is 5.75 Å². The Labute approximate surface area is 144 Å². The number of rotatable bonds is 1. The van der Waals surface area contributed by atoms with Gasteiger partial charge < -0.3 is 29.9 Å². The van der Waals surface area contributed by atoms with E-state index in [9.17, 15) is 20.1 Å². The Morgan fingerprint density at radius 2 is 1.92 bits per heavy atom. The Morgan fingerprint density at radius 3 is 2.72 bits per heavy atom. The van der Waals surface area contributed by atoms with Gasteiger partial charge in [0, 0.05) is 13.1 Å². The van der Waals surface area contributed by atoms with E-state index in [1.54, 1.807) is 12.1 Å². The highest BCUT2D eigenvalue weighted by molar-refractivity contribution is 5.82. The van der Waals surface area contributed by atoms with Gasteiger partial charge >= 0.3 is 6.09 Å². The molecule has 130 valence electrons. The van der Waals surface area contributed by atoms with Crippen LogP contribution >= 0.6 is 0 Å². The molecule has 1 unspecified atom stereocenters. The Kier molecular flexibility index (Phi) is 3.56. The lowest BCUT2D eigenvalue weighted by atomic mass is 10.0. The fourth-order valence-corrected chi connectivity index (χ4v) is 3.56. The molecule has 3 N–H and O–H groups in total. The first-order valence-electron chi connectivity index (χ1n) is 8.15. The van der Waals surface area contributed by atoms with E-state index in [0.717, 1.165) is 18.5 Å². The summed E-state index contributed by atoms with van der Waals surface area (Å²) in [4.78, 5) is 14.8. The van der Waals surface area contributed by atoms with Gasteiger partial charge in [0.1, 0.15) is 0 Å². The quantitative estimate of drug-likeness (QED) is 0.687. The number of hydrogen-bond acceptors (Lipinski definition) is 5. The lowest BCUT2D eigenvalue weighted by Gasteiger charge is -2.42. The van der Waals surface area contributed by atoms with E-state index in [0.29, 0.717) is 24.5 Å². The van der Waals surface area contributed by atoms with Crippen LogP contribution in [0, 0.1) is 0 Å². The normalized spacial score (nSPS) is 19.0. The van der Waals surface area contributed by atoms with E-state index in [1.165, 1.54) is 11.0 Å². The summed E-state index contributed by atoms with van der Waals surface area (Å²) in [7, 11) is 0. The predicted octanol–water partition coefficient (Wildman–Crippen LogP) is 3.48. The first-order valence-corrected chi connectivity index (χ1v) is 8.15. The van der Waals surface area contributed by atoms with E-state index >= 15 is 0 Å². The molecule has 2 aromatic rings. The number of hydrogen-bond donors (Lipinski definition) is 3. The van der Waals surface area contributed by atoms with Crippen LogP contribution in [0.1, 0.15) is 12.8 Å². The molecule has 2 aliphatic heterocycles. The van der Waals surface area contributed by atoms with E-state index in [2.05, 4.69) is 0 Å². The van der Waals surface area contributed by atoms with Crippen molar-refractivity contribution in [3.8, 4) is 23.0 Å². The third-order valence-corrected chi connectivity index (χ3v) is 4.72. The third kappa shape index (κ3) is 2.48. The fraction of sp³-hybridized carbons (Fsp3) is 0.278. The van der Waals surface area contributed by atoms with Crippen molar-refractivity contribution < 1.29 is 24.9 Å². The van der Waals surface area contributed by atoms with Crippen LogP contribution < -0.4 is 9.64 Å². The van der Waals surface area contributed by atoms with Crippen molar-refractivity contribution in [2.24, 2.45) is 0 Å². The zero-order valence-electron chi connectivity index (χ0n) is 13.4. The molecule has 1 saturated heterocycles. The standard InChI is InChI=1S/C18H18N2O5/c21-14-8-7-13-17(16(14)22)25-15-6-2-1-5-12(15)20(13)11-4-3-9-19(10-11)18(23)24/h1-2,5-8,11,21-22H,3-4,9-10H2,(H,23,24). The van der Waals surface area contributed by atoms with Crippen molar-refractivity contribution in [3.63, 3.8) is 0 Å². The number of benzene rings is 2. The molecule has 2 aromatic carbocycles. The second-order valence-corrected chi connectivity index (χ2v) is 6.25. The molecule has 0 bridgehead atoms. The molecular weight excluding hydrogens is 324 g/mol. The summed E-state index contributed by atoms with van der Waals surface area (Å²) >= 11 is 0. The minimum atomic E-state index is -0.931. The molecule has 0 saturated carbocycles. The molecule has 1 atom stereocenters. The van der Waals surface area contributed by atoms with Gasteiger partial charge in [-0.3, -0.25) is 0 Å². The number of para-hydroxylation sites is 2. The average molecular weight is 342 g/mol. The van der Waals surface area contributed by atoms with E-state index in [4.69, 9.17) is 4.74 Å². The molecule has 1 fully saturated rings. The molecule has 0 aliphatic carbocycles. The van der Waals surface area contributed by atoms with Crippen LogP contribution in [-0.4, -0.2) is 45.4 Å². The topological polar surface area (TPSA) is 93.5 Å². The maximum atomic E-state index is 11.4. The van der Waals surface area contributed by atoms with E-state index < -0.39 is 6.09 Å². The monoisotopic (exact) mass is 342 g/mol. The highest BCUT2D eigenvalue weighted by Gasteiger charge is 2.35. The van der Waals surface area contributed by atoms with Gasteiger partial charge in [0.25, 0.3) is 0 Å². The Morgan fingerprint density at radius 1 is 1.12 bits per heavy atom. The molecule has 0 radical (unpaired) electrons. The number of anilines is 2. The van der Waals surface area contributed by atoms with Gasteiger partial charge in [-0.2, -0.15) is 0 Å². The summed E-state index contributed by atoms with van der Waals surface area (Å²) in [6.07, 6.45) is 0.648. The first kappa shape index (κ1) is 15.4. The van der Waals surface area contributed by atoms with Gasteiger partial charge in [-0.25, -0.2) is 4.79 Å². The molecule has 2 heterocycles. The molecule has 25 heavy (non-hydrogen) atoms. The maximum absolute atomic E-state index is 11.4. The molecule has 7 nitrogen and oxygen atoms in total. The van der Waals surface area contributed by atoms with Crippen LogP contribution in [0.4, 0.5) is 16.2 Å². The molecular formula is C18H18N2O5.